The predicted octanol–water partition coefficient (Wildman–Crippen LogP) is 4.00. The summed E-state index contributed by atoms with van der Waals surface area (Å²) in [6, 6.07) is 5.68. The average molecular weight is 377 g/mol. The molecular weight excluding hydrogens is 358 g/mol. The molecule has 3 aromatic rings. The van der Waals surface area contributed by atoms with Crippen molar-refractivity contribution in [3.8, 4) is 5.82 Å². The third-order valence-electron chi connectivity index (χ3n) is 4.31. The van der Waals surface area contributed by atoms with Crippen molar-refractivity contribution in [3.05, 3.63) is 69.6 Å². The third-order valence-corrected chi connectivity index (χ3v) is 5.08. The zero-order valence-corrected chi connectivity index (χ0v) is 16.2. The maximum Gasteiger partial charge on any atom is 0.251 e. The maximum atomic E-state index is 12.5. The van der Waals surface area contributed by atoms with Crippen molar-refractivity contribution in [2.45, 2.75) is 27.2 Å². The van der Waals surface area contributed by atoms with Crippen molar-refractivity contribution in [3.63, 3.8) is 0 Å². The first kappa shape index (κ1) is 17.4. The molecule has 0 aromatic carbocycles. The van der Waals surface area contributed by atoms with Crippen LogP contribution in [0.4, 0.5) is 5.69 Å². The molecule has 3 heterocycles. The fourth-order valence-electron chi connectivity index (χ4n) is 3.02. The second kappa shape index (κ2) is 6.92. The molecular formula is C20H19N5OS. The first-order chi connectivity index (χ1) is 13.0. The van der Waals surface area contributed by atoms with Gasteiger partial charge in [0, 0.05) is 16.6 Å². The Hall–Kier alpha value is -3.06. The van der Waals surface area contributed by atoms with E-state index >= 15 is 0 Å². The lowest BCUT2D eigenvalue weighted by Crippen LogP contribution is -2.13. The van der Waals surface area contributed by atoms with Crippen molar-refractivity contribution in [1.82, 2.24) is 19.7 Å². The Bertz CT molecular complexity index is 1070. The Labute approximate surface area is 161 Å². The second-order valence-corrected chi connectivity index (χ2v) is 7.55. The van der Waals surface area contributed by atoms with Crippen molar-refractivity contribution in [1.29, 1.82) is 0 Å². The number of carbonyl (C=O) groups is 1. The second-order valence-electron chi connectivity index (χ2n) is 6.48. The van der Waals surface area contributed by atoms with E-state index in [0.29, 0.717) is 12.1 Å². The van der Waals surface area contributed by atoms with E-state index in [2.05, 4.69) is 20.4 Å². The van der Waals surface area contributed by atoms with Crippen molar-refractivity contribution < 1.29 is 4.79 Å². The highest BCUT2D eigenvalue weighted by Gasteiger charge is 2.17. The van der Waals surface area contributed by atoms with E-state index in [1.54, 1.807) is 22.2 Å². The van der Waals surface area contributed by atoms with E-state index in [0.717, 1.165) is 39.1 Å². The normalized spacial score (nSPS) is 13.4. The zero-order valence-electron chi connectivity index (χ0n) is 15.4. The van der Waals surface area contributed by atoms with E-state index in [9.17, 15) is 4.79 Å². The van der Waals surface area contributed by atoms with Gasteiger partial charge in [-0.2, -0.15) is 5.10 Å². The summed E-state index contributed by atoms with van der Waals surface area (Å²) in [6.07, 6.45) is 6.20. The molecule has 0 radical (unpaired) electrons. The molecule has 1 N–H and O–H groups in total. The van der Waals surface area contributed by atoms with Crippen LogP contribution in [0.15, 0.2) is 47.5 Å². The number of allylic oxidation sites excluding steroid dienone is 3. The van der Waals surface area contributed by atoms with Crippen LogP contribution in [0.25, 0.3) is 11.4 Å². The Balaban J connectivity index is 1.45. The average Bonchev–Trinajstić information content (AvgIpc) is 3.35. The summed E-state index contributed by atoms with van der Waals surface area (Å²) in [4.78, 5) is 21.4. The molecule has 1 aliphatic carbocycles. The van der Waals surface area contributed by atoms with Crippen LogP contribution in [0.2, 0.25) is 0 Å². The topological polar surface area (TPSA) is 72.7 Å². The fourth-order valence-corrected chi connectivity index (χ4v) is 3.64. The number of pyridine rings is 1. The molecule has 1 amide bonds. The first-order valence-corrected chi connectivity index (χ1v) is 9.52. The molecule has 4 rings (SSSR count). The van der Waals surface area contributed by atoms with E-state index in [-0.39, 0.29) is 5.91 Å². The van der Waals surface area contributed by atoms with Crippen LogP contribution in [0.5, 0.6) is 0 Å². The number of thiazole rings is 1. The van der Waals surface area contributed by atoms with Crippen LogP contribution in [0, 0.1) is 20.8 Å². The number of carbonyl (C=O) groups excluding carboxylic acids is 1. The number of hydrogen-bond acceptors (Lipinski definition) is 5. The van der Waals surface area contributed by atoms with Gasteiger partial charge in [-0.3, -0.25) is 4.79 Å². The Morgan fingerprint density at radius 2 is 2.11 bits per heavy atom. The quantitative estimate of drug-likeness (QED) is 0.746. The molecule has 0 unspecified atom stereocenters. The molecule has 0 saturated carbocycles. The highest BCUT2D eigenvalue weighted by atomic mass is 32.1. The van der Waals surface area contributed by atoms with Gasteiger partial charge in [0.1, 0.15) is 0 Å². The van der Waals surface area contributed by atoms with E-state index in [4.69, 9.17) is 0 Å². The van der Waals surface area contributed by atoms with E-state index in [1.165, 1.54) is 0 Å². The van der Waals surface area contributed by atoms with E-state index < -0.39 is 0 Å². The van der Waals surface area contributed by atoms with Crippen LogP contribution in [-0.2, 0) is 4.79 Å². The lowest BCUT2D eigenvalue weighted by Gasteiger charge is -2.07. The van der Waals surface area contributed by atoms with Crippen molar-refractivity contribution in [2.75, 3.05) is 5.32 Å². The third kappa shape index (κ3) is 3.59. The lowest BCUT2D eigenvalue weighted by molar-refractivity contribution is -0.112. The Kier molecular flexibility index (Phi) is 4.45. The molecule has 136 valence electrons. The molecule has 0 saturated heterocycles. The number of aromatic nitrogens is 4. The molecule has 0 bridgehead atoms. The number of nitrogens with one attached hydrogen (secondary N) is 1. The minimum Gasteiger partial charge on any atom is -0.321 e. The SMILES string of the molecule is Cc1cc(C)n(-c2ccc(NC(=O)C3=CC(c4csc(C)n4)=CC3)cn2)n1. The van der Waals surface area contributed by atoms with Gasteiger partial charge in [-0.1, -0.05) is 6.08 Å². The number of amides is 1. The molecule has 1 aliphatic rings. The van der Waals surface area contributed by atoms with Gasteiger partial charge in [0.05, 0.1) is 28.3 Å². The van der Waals surface area contributed by atoms with Gasteiger partial charge >= 0.3 is 0 Å². The highest BCUT2D eigenvalue weighted by Crippen LogP contribution is 2.27. The summed E-state index contributed by atoms with van der Waals surface area (Å²) >= 11 is 1.61. The monoisotopic (exact) mass is 377 g/mol. The molecule has 7 heteroatoms. The number of nitrogens with zero attached hydrogens (tertiary/aromatic N) is 4. The number of anilines is 1. The van der Waals surface area contributed by atoms with Gasteiger partial charge in [-0.15, -0.1) is 11.3 Å². The van der Waals surface area contributed by atoms with Crippen LogP contribution in [-0.4, -0.2) is 25.7 Å². The molecule has 3 aromatic heterocycles. The molecule has 6 nitrogen and oxygen atoms in total. The molecule has 0 fully saturated rings. The van der Waals surface area contributed by atoms with Gasteiger partial charge in [0.15, 0.2) is 5.82 Å². The largest absolute Gasteiger partial charge is 0.321 e. The summed E-state index contributed by atoms with van der Waals surface area (Å²) in [5, 5.41) is 10.4. The van der Waals surface area contributed by atoms with Crippen LogP contribution < -0.4 is 5.32 Å². The van der Waals surface area contributed by atoms with Crippen molar-refractivity contribution in [2.24, 2.45) is 0 Å². The van der Waals surface area contributed by atoms with Crippen LogP contribution >= 0.6 is 11.3 Å². The minimum absolute atomic E-state index is 0.117. The van der Waals surface area contributed by atoms with Gasteiger partial charge in [0.25, 0.3) is 5.91 Å². The summed E-state index contributed by atoms with van der Waals surface area (Å²) < 4.78 is 1.78. The predicted molar refractivity (Wildman–Crippen MR) is 107 cm³/mol. The van der Waals surface area contributed by atoms with Crippen LogP contribution in [0.3, 0.4) is 0 Å². The Morgan fingerprint density at radius 3 is 2.74 bits per heavy atom. The molecule has 0 spiro atoms. The zero-order chi connectivity index (χ0) is 19.0. The summed E-state index contributed by atoms with van der Waals surface area (Å²) in [6.45, 7) is 5.91. The van der Waals surface area contributed by atoms with Crippen LogP contribution in [0.1, 0.15) is 28.5 Å². The van der Waals surface area contributed by atoms with Crippen molar-refractivity contribution >= 4 is 28.5 Å². The summed E-state index contributed by atoms with van der Waals surface area (Å²) in [7, 11) is 0. The van der Waals surface area contributed by atoms with Gasteiger partial charge in [-0.05, 0) is 57.0 Å². The first-order valence-electron chi connectivity index (χ1n) is 8.64. The number of hydrogen-bond donors (Lipinski definition) is 1. The van der Waals surface area contributed by atoms with Gasteiger partial charge in [-0.25, -0.2) is 14.6 Å². The van der Waals surface area contributed by atoms with Gasteiger partial charge in [0.2, 0.25) is 0 Å². The van der Waals surface area contributed by atoms with E-state index in [1.807, 2.05) is 56.5 Å². The fraction of sp³-hybridized carbons (Fsp3) is 0.200. The lowest BCUT2D eigenvalue weighted by atomic mass is 10.2. The minimum atomic E-state index is -0.117. The number of aryl methyl sites for hydroxylation is 3. The highest BCUT2D eigenvalue weighted by molar-refractivity contribution is 7.09. The molecule has 0 atom stereocenters. The summed E-state index contributed by atoms with van der Waals surface area (Å²) in [5.41, 5.74) is 5.27. The Morgan fingerprint density at radius 1 is 1.26 bits per heavy atom. The smallest absolute Gasteiger partial charge is 0.251 e. The standard InChI is InChI=1S/C20H19N5OS/c1-12-8-13(2)25(24-12)19-7-6-17(10-21-19)23-20(26)16-5-4-15(9-16)18-11-27-14(3)22-18/h4,6-11H,5H2,1-3H3,(H,23,26). The summed E-state index contributed by atoms with van der Waals surface area (Å²) in [5.74, 6) is 0.607. The molecule has 27 heavy (non-hydrogen) atoms. The number of rotatable bonds is 4. The molecule has 0 aliphatic heterocycles. The maximum absolute atomic E-state index is 12.5. The van der Waals surface area contributed by atoms with Gasteiger partial charge < -0.3 is 5.32 Å².